The quantitative estimate of drug-likeness (QED) is 0.258. The smallest absolute Gasteiger partial charge is 0.410 e. The molecule has 0 radical (unpaired) electrons. The molecule has 3 aliphatic heterocycles. The molecule has 3 heterocycles. The van der Waals surface area contributed by atoms with Crippen molar-refractivity contribution in [1.29, 1.82) is 0 Å². The van der Waals surface area contributed by atoms with Crippen LogP contribution in [0, 0.1) is 5.92 Å². The normalized spacial score (nSPS) is 28.9. The van der Waals surface area contributed by atoms with Gasteiger partial charge < -0.3 is 30.7 Å². The van der Waals surface area contributed by atoms with Crippen molar-refractivity contribution in [3.05, 3.63) is 41.5 Å². The zero-order valence-corrected chi connectivity index (χ0v) is 30.1. The van der Waals surface area contributed by atoms with Crippen LogP contribution < -0.4 is 21.1 Å². The van der Waals surface area contributed by atoms with Crippen LogP contribution >= 0.6 is 0 Å². The number of alkyl carbamates (subject to hydrolysis) is 1. The number of sulfonamides is 1. The largest absolute Gasteiger partial charge is 0.444 e. The molecule has 1 aromatic rings. The van der Waals surface area contributed by atoms with Gasteiger partial charge in [0.2, 0.25) is 21.8 Å². The summed E-state index contributed by atoms with van der Waals surface area (Å²) in [6, 6.07) is 3.19. The summed E-state index contributed by atoms with van der Waals surface area (Å²) in [5, 5.41) is 4.86. The molecule has 2 aliphatic carbocycles. The van der Waals surface area contributed by atoms with Crippen LogP contribution in [0.5, 0.6) is 0 Å². The van der Waals surface area contributed by atoms with Crippen LogP contribution in [0.3, 0.4) is 0 Å². The number of nitrogens with zero attached hydrogens (tertiary/aromatic N) is 2. The molecular formula is C35H48N6O9S. The molecule has 5 amide bonds. The van der Waals surface area contributed by atoms with Crippen molar-refractivity contribution < 1.29 is 41.9 Å². The van der Waals surface area contributed by atoms with Gasteiger partial charge in [-0.3, -0.25) is 24.0 Å². The zero-order chi connectivity index (χ0) is 36.7. The topological polar surface area (TPSA) is 207 Å². The first-order valence-electron chi connectivity index (χ1n) is 17.7. The first-order valence-corrected chi connectivity index (χ1v) is 19.3. The number of nitrogens with two attached hydrogens (primary N) is 1. The fourth-order valence-electron chi connectivity index (χ4n) is 7.06. The average molecular weight is 729 g/mol. The predicted octanol–water partition coefficient (Wildman–Crippen LogP) is 2.59. The third-order valence-corrected chi connectivity index (χ3v) is 11.8. The number of ether oxygens (including phenoxy) is 2. The highest BCUT2D eigenvalue weighted by atomic mass is 32.2. The van der Waals surface area contributed by atoms with E-state index >= 15 is 0 Å². The number of anilines is 1. The number of hydrogen-bond acceptors (Lipinski definition) is 10. The number of nitrogen functional groups attached to an aromatic ring is 1. The lowest BCUT2D eigenvalue weighted by Gasteiger charge is -2.30. The molecule has 0 spiro atoms. The summed E-state index contributed by atoms with van der Waals surface area (Å²) in [7, 11) is -3.90. The van der Waals surface area contributed by atoms with E-state index in [0.29, 0.717) is 37.9 Å². The Labute approximate surface area is 298 Å². The second-order valence-electron chi connectivity index (χ2n) is 15.3. The molecule has 51 heavy (non-hydrogen) atoms. The summed E-state index contributed by atoms with van der Waals surface area (Å²) in [6.45, 7) is 5.58. The van der Waals surface area contributed by atoms with Gasteiger partial charge in [-0.1, -0.05) is 31.1 Å². The van der Waals surface area contributed by atoms with Gasteiger partial charge in [-0.15, -0.1) is 0 Å². The van der Waals surface area contributed by atoms with E-state index in [-0.39, 0.29) is 32.4 Å². The van der Waals surface area contributed by atoms with E-state index in [9.17, 15) is 32.4 Å². The van der Waals surface area contributed by atoms with Gasteiger partial charge in [0, 0.05) is 31.1 Å². The van der Waals surface area contributed by atoms with Crippen molar-refractivity contribution in [2.75, 3.05) is 12.3 Å². The van der Waals surface area contributed by atoms with Gasteiger partial charge in [0.05, 0.1) is 11.8 Å². The Kier molecular flexibility index (Phi) is 10.0. The highest BCUT2D eigenvalue weighted by Crippen LogP contribution is 2.46. The minimum Gasteiger partial charge on any atom is -0.444 e. The van der Waals surface area contributed by atoms with E-state index in [2.05, 4.69) is 15.4 Å². The number of amides is 5. The second-order valence-corrected chi connectivity index (χ2v) is 17.3. The number of carbonyl (C=O) groups excluding carboxylic acids is 5. The molecule has 0 aromatic heterocycles. The molecule has 3 fully saturated rings. The molecule has 5 N–H and O–H groups in total. The molecule has 15 nitrogen and oxygen atoms in total. The van der Waals surface area contributed by atoms with Crippen molar-refractivity contribution in [2.24, 2.45) is 5.92 Å². The van der Waals surface area contributed by atoms with Gasteiger partial charge in [0.1, 0.15) is 29.3 Å². The van der Waals surface area contributed by atoms with E-state index in [1.165, 1.54) is 9.80 Å². The molecule has 5 aliphatic rings. The van der Waals surface area contributed by atoms with Crippen LogP contribution in [0.4, 0.5) is 15.3 Å². The summed E-state index contributed by atoms with van der Waals surface area (Å²) < 4.78 is 39.0. The lowest BCUT2D eigenvalue weighted by Crippen LogP contribution is -2.58. The Balaban J connectivity index is 1.25. The average Bonchev–Trinajstić information content (AvgIpc) is 3.93. The minimum atomic E-state index is -3.90. The van der Waals surface area contributed by atoms with Crippen molar-refractivity contribution in [3.8, 4) is 0 Å². The van der Waals surface area contributed by atoms with Crippen LogP contribution in [0.1, 0.15) is 89.7 Å². The molecular weight excluding hydrogens is 680 g/mol. The summed E-state index contributed by atoms with van der Waals surface area (Å²) in [5.74, 6) is -2.52. The molecule has 0 bridgehead atoms. The monoisotopic (exact) mass is 728 g/mol. The van der Waals surface area contributed by atoms with Crippen LogP contribution in [0.25, 0.3) is 0 Å². The minimum absolute atomic E-state index is 0.0746. The lowest BCUT2D eigenvalue weighted by atomic mass is 10.0. The Bertz CT molecular complexity index is 1720. The van der Waals surface area contributed by atoms with Crippen molar-refractivity contribution in [3.63, 3.8) is 0 Å². The van der Waals surface area contributed by atoms with E-state index in [0.717, 1.165) is 24.0 Å². The summed E-state index contributed by atoms with van der Waals surface area (Å²) in [6.07, 6.45) is 5.55. The molecule has 1 saturated heterocycles. The lowest BCUT2D eigenvalue weighted by molar-refractivity contribution is -0.141. The molecule has 16 heteroatoms. The van der Waals surface area contributed by atoms with E-state index < -0.39 is 80.4 Å². The highest BCUT2D eigenvalue weighted by molar-refractivity contribution is 7.91. The Morgan fingerprint density at radius 2 is 1.78 bits per heavy atom. The summed E-state index contributed by atoms with van der Waals surface area (Å²) in [4.78, 5) is 71.1. The van der Waals surface area contributed by atoms with Crippen LogP contribution in [0.15, 0.2) is 30.4 Å². The van der Waals surface area contributed by atoms with E-state index in [1.807, 2.05) is 18.2 Å². The summed E-state index contributed by atoms with van der Waals surface area (Å²) >= 11 is 0. The van der Waals surface area contributed by atoms with Crippen molar-refractivity contribution in [1.82, 2.24) is 25.2 Å². The van der Waals surface area contributed by atoms with Gasteiger partial charge in [0.25, 0.3) is 5.91 Å². The predicted molar refractivity (Wildman–Crippen MR) is 185 cm³/mol. The number of nitrogens with one attached hydrogen (secondary N) is 3. The third kappa shape index (κ3) is 8.42. The van der Waals surface area contributed by atoms with Crippen LogP contribution in [-0.2, 0) is 47.0 Å². The maximum absolute atomic E-state index is 14.3. The standard InChI is InChI=1S/C35H48N6O9S/c1-34(2,3)50-32(45)37-27-10-8-6-4-5-7-9-23-17-35(23,31(44)39-51(47,48)26-13-14-26)38-29(42)28-16-25(20-41(28)30(27)43)49-33(46)40-18-21-11-12-24(36)15-22(21)19-40/h7,9,11-12,15,23,25-28H,4-6,8,10,13-14,16-20,36H2,1-3H3,(H,37,45)(H,38,42)(H,39,44)/b9-7-/t23-,25+,27-,28-,35+/m0/s1. The summed E-state index contributed by atoms with van der Waals surface area (Å²) in [5.41, 5.74) is 5.99. The fourth-order valence-corrected chi connectivity index (χ4v) is 8.42. The van der Waals surface area contributed by atoms with Crippen LogP contribution in [0.2, 0.25) is 0 Å². The van der Waals surface area contributed by atoms with E-state index in [4.69, 9.17) is 15.2 Å². The van der Waals surface area contributed by atoms with E-state index in [1.54, 1.807) is 32.9 Å². The van der Waals surface area contributed by atoms with Gasteiger partial charge in [-0.25, -0.2) is 18.0 Å². The maximum Gasteiger partial charge on any atom is 0.410 e. The molecule has 5 atom stereocenters. The number of carbonyl (C=O) groups is 5. The molecule has 278 valence electrons. The number of benzene rings is 1. The Morgan fingerprint density at radius 3 is 2.51 bits per heavy atom. The van der Waals surface area contributed by atoms with Crippen molar-refractivity contribution in [2.45, 2.75) is 126 Å². The molecule has 1 aromatic carbocycles. The number of hydrogen-bond donors (Lipinski definition) is 4. The van der Waals surface area contributed by atoms with Gasteiger partial charge in [-0.2, -0.15) is 0 Å². The fraction of sp³-hybridized carbons (Fsp3) is 0.629. The highest BCUT2D eigenvalue weighted by Gasteiger charge is 2.62. The number of fused-ring (bicyclic) bond motifs is 3. The number of rotatable bonds is 5. The molecule has 2 saturated carbocycles. The molecule has 6 rings (SSSR count). The second kappa shape index (κ2) is 14.0. The zero-order valence-electron chi connectivity index (χ0n) is 29.3. The maximum atomic E-state index is 14.3. The first kappa shape index (κ1) is 36.5. The number of allylic oxidation sites excluding steroid dienone is 1. The first-order chi connectivity index (χ1) is 24.0. The SMILES string of the molecule is CC(C)(C)OC(=O)N[C@H]1CCCCC/C=C\[C@H]2C[C@@]2(C(=O)NS(=O)(=O)C2CC2)NC(=O)[C@@H]2C[C@@H](OC(=O)N3Cc4ccc(N)cc4C3)CN2C1=O. The molecule has 0 unspecified atom stereocenters. The van der Waals surface area contributed by atoms with Gasteiger partial charge >= 0.3 is 12.2 Å². The van der Waals surface area contributed by atoms with Gasteiger partial charge in [-0.05, 0) is 82.6 Å². The Morgan fingerprint density at radius 1 is 1.04 bits per heavy atom. The van der Waals surface area contributed by atoms with Crippen molar-refractivity contribution >= 4 is 45.6 Å². The van der Waals surface area contributed by atoms with Gasteiger partial charge in [0.15, 0.2) is 0 Å². The van der Waals surface area contributed by atoms with Crippen LogP contribution in [-0.4, -0.2) is 89.2 Å². The third-order valence-electron chi connectivity index (χ3n) is 10.0. The Hall–Kier alpha value is -4.34.